The van der Waals surface area contributed by atoms with Crippen molar-refractivity contribution in [3.05, 3.63) is 70.0 Å². The van der Waals surface area contributed by atoms with Crippen LogP contribution in [0.1, 0.15) is 18.9 Å². The van der Waals surface area contributed by atoms with Gasteiger partial charge in [0.05, 0.1) is 10.6 Å². The average Bonchev–Trinajstić information content (AvgIpc) is 3.06. The number of amides is 2. The monoisotopic (exact) mass is 429 g/mol. The summed E-state index contributed by atoms with van der Waals surface area (Å²) in [5.41, 5.74) is 1.53. The van der Waals surface area contributed by atoms with Crippen molar-refractivity contribution in [2.45, 2.75) is 18.6 Å². The number of amidine groups is 1. The number of carbonyl (C=O) groups is 2. The summed E-state index contributed by atoms with van der Waals surface area (Å²) in [5, 5.41) is 23.4. The van der Waals surface area contributed by atoms with E-state index < -0.39 is 16.1 Å². The highest BCUT2D eigenvalue weighted by atomic mass is 32.2. The molecule has 2 aromatic carbocycles. The van der Waals surface area contributed by atoms with Crippen LogP contribution in [0, 0.1) is 15.9 Å². The van der Waals surface area contributed by atoms with Gasteiger partial charge in [0.2, 0.25) is 11.8 Å². The second-order valence-corrected chi connectivity index (χ2v) is 7.44. The van der Waals surface area contributed by atoms with E-state index in [9.17, 15) is 24.1 Å². The van der Waals surface area contributed by atoms with Crippen molar-refractivity contribution in [1.82, 2.24) is 5.32 Å². The van der Waals surface area contributed by atoms with Crippen LogP contribution < -0.4 is 10.6 Å². The fourth-order valence-electron chi connectivity index (χ4n) is 2.50. The fraction of sp³-hybridized carbons (Fsp3) is 0.158. The second-order valence-electron chi connectivity index (χ2n) is 6.25. The minimum Gasteiger partial charge on any atom is -0.326 e. The lowest BCUT2D eigenvalue weighted by molar-refractivity contribution is -0.384. The smallest absolute Gasteiger partial charge is 0.269 e. The van der Waals surface area contributed by atoms with Crippen molar-refractivity contribution in [3.8, 4) is 0 Å². The van der Waals surface area contributed by atoms with Gasteiger partial charge in [0.25, 0.3) is 5.69 Å². The number of benzene rings is 2. The van der Waals surface area contributed by atoms with Crippen molar-refractivity contribution < 1.29 is 18.9 Å². The topological polar surface area (TPSA) is 126 Å². The molecule has 0 spiro atoms. The third kappa shape index (κ3) is 5.47. The summed E-state index contributed by atoms with van der Waals surface area (Å²) in [5.74, 6) is -1.14. The minimum absolute atomic E-state index is 0.0870. The summed E-state index contributed by atoms with van der Waals surface area (Å²) in [7, 11) is 0. The van der Waals surface area contributed by atoms with Gasteiger partial charge >= 0.3 is 0 Å². The number of anilines is 1. The Kier molecular flexibility index (Phi) is 6.52. The van der Waals surface area contributed by atoms with E-state index in [1.54, 1.807) is 19.1 Å². The van der Waals surface area contributed by atoms with Crippen molar-refractivity contribution >= 4 is 45.8 Å². The molecule has 2 N–H and O–H groups in total. The van der Waals surface area contributed by atoms with E-state index >= 15 is 0 Å². The molecule has 0 saturated carbocycles. The number of nitrogens with zero attached hydrogens (tertiary/aromatic N) is 3. The number of carbonyl (C=O) groups excluding carboxylic acids is 2. The SMILES string of the molecule is C/C(=N\N=C1/NC(=O)C(CC(=O)Nc2ccc([N+](=O)[O-])cc2)S1)c1ccc(F)cc1. The number of thioether (sulfide) groups is 1. The molecule has 30 heavy (non-hydrogen) atoms. The number of rotatable bonds is 6. The number of non-ortho nitro benzene ring substituents is 1. The van der Waals surface area contributed by atoms with Crippen LogP contribution in [0.25, 0.3) is 0 Å². The highest BCUT2D eigenvalue weighted by Crippen LogP contribution is 2.23. The summed E-state index contributed by atoms with van der Waals surface area (Å²) in [6, 6.07) is 11.1. The number of hydrogen-bond donors (Lipinski definition) is 2. The molecule has 2 aromatic rings. The van der Waals surface area contributed by atoms with E-state index in [0.29, 0.717) is 17.0 Å². The highest BCUT2D eigenvalue weighted by molar-refractivity contribution is 8.15. The van der Waals surface area contributed by atoms with Gasteiger partial charge in [0, 0.05) is 24.2 Å². The molecule has 1 aliphatic rings. The van der Waals surface area contributed by atoms with Gasteiger partial charge in [-0.05, 0) is 36.8 Å². The molecule has 1 fully saturated rings. The zero-order valence-corrected chi connectivity index (χ0v) is 16.5. The summed E-state index contributed by atoms with van der Waals surface area (Å²) in [6.07, 6.45) is -0.104. The van der Waals surface area contributed by atoms with Gasteiger partial charge in [-0.15, -0.1) is 5.10 Å². The third-order valence-electron chi connectivity index (χ3n) is 4.06. The van der Waals surface area contributed by atoms with Crippen LogP contribution in [0.3, 0.4) is 0 Å². The molecule has 0 radical (unpaired) electrons. The largest absolute Gasteiger partial charge is 0.326 e. The van der Waals surface area contributed by atoms with E-state index in [4.69, 9.17) is 0 Å². The molecular formula is C19H16FN5O4S. The summed E-state index contributed by atoms with van der Waals surface area (Å²) in [4.78, 5) is 34.4. The molecule has 11 heteroatoms. The average molecular weight is 429 g/mol. The van der Waals surface area contributed by atoms with Crippen molar-refractivity contribution in [1.29, 1.82) is 0 Å². The molecule has 0 aliphatic carbocycles. The van der Waals surface area contributed by atoms with Crippen LogP contribution in [0.5, 0.6) is 0 Å². The maximum absolute atomic E-state index is 13.0. The van der Waals surface area contributed by atoms with E-state index in [2.05, 4.69) is 20.8 Å². The fourth-order valence-corrected chi connectivity index (χ4v) is 3.42. The van der Waals surface area contributed by atoms with Gasteiger partial charge in [-0.2, -0.15) is 5.10 Å². The van der Waals surface area contributed by atoms with E-state index in [0.717, 1.165) is 11.8 Å². The molecule has 154 valence electrons. The Morgan fingerprint density at radius 1 is 1.23 bits per heavy atom. The Hall–Kier alpha value is -3.60. The van der Waals surface area contributed by atoms with Crippen molar-refractivity contribution in [3.63, 3.8) is 0 Å². The van der Waals surface area contributed by atoms with Crippen LogP contribution in [0.2, 0.25) is 0 Å². The Balaban J connectivity index is 1.57. The number of nitro benzene ring substituents is 1. The highest BCUT2D eigenvalue weighted by Gasteiger charge is 2.32. The van der Waals surface area contributed by atoms with Crippen LogP contribution in [0.15, 0.2) is 58.7 Å². The molecule has 1 saturated heterocycles. The molecular weight excluding hydrogens is 413 g/mol. The predicted molar refractivity (Wildman–Crippen MR) is 112 cm³/mol. The molecule has 1 atom stereocenters. The number of nitrogens with one attached hydrogen (secondary N) is 2. The lowest BCUT2D eigenvalue weighted by Gasteiger charge is -2.07. The first kappa shape index (κ1) is 21.1. The second kappa shape index (κ2) is 9.27. The summed E-state index contributed by atoms with van der Waals surface area (Å²) in [6.45, 7) is 1.70. The third-order valence-corrected chi connectivity index (χ3v) is 5.13. The zero-order chi connectivity index (χ0) is 21.7. The first-order chi connectivity index (χ1) is 14.3. The molecule has 0 bridgehead atoms. The molecule has 1 unspecified atom stereocenters. The Labute approximate surface area is 174 Å². The lowest BCUT2D eigenvalue weighted by Crippen LogP contribution is -2.28. The Morgan fingerprint density at radius 3 is 2.53 bits per heavy atom. The van der Waals surface area contributed by atoms with Crippen LogP contribution >= 0.6 is 11.8 Å². The van der Waals surface area contributed by atoms with E-state index in [1.165, 1.54) is 36.4 Å². The van der Waals surface area contributed by atoms with Crippen molar-refractivity contribution in [2.75, 3.05) is 5.32 Å². The van der Waals surface area contributed by atoms with Crippen molar-refractivity contribution in [2.24, 2.45) is 10.2 Å². The van der Waals surface area contributed by atoms with Gasteiger partial charge in [-0.3, -0.25) is 19.7 Å². The maximum Gasteiger partial charge on any atom is 0.269 e. The Bertz CT molecular complexity index is 1040. The summed E-state index contributed by atoms with van der Waals surface area (Å²) >= 11 is 1.08. The molecule has 3 rings (SSSR count). The normalized spacial score (nSPS) is 17.7. The lowest BCUT2D eigenvalue weighted by atomic mass is 10.1. The van der Waals surface area contributed by atoms with Crippen LogP contribution in [-0.2, 0) is 9.59 Å². The molecule has 2 amide bonds. The van der Waals surface area contributed by atoms with Gasteiger partial charge in [-0.25, -0.2) is 4.39 Å². The maximum atomic E-state index is 13.0. The zero-order valence-electron chi connectivity index (χ0n) is 15.7. The molecule has 9 nitrogen and oxygen atoms in total. The van der Waals surface area contributed by atoms with E-state index in [-0.39, 0.29) is 29.0 Å². The summed E-state index contributed by atoms with van der Waals surface area (Å²) < 4.78 is 13.0. The molecule has 1 heterocycles. The van der Waals surface area contributed by atoms with Crippen LogP contribution in [-0.4, -0.2) is 32.9 Å². The van der Waals surface area contributed by atoms with E-state index in [1.807, 2.05) is 0 Å². The van der Waals surface area contributed by atoms with Gasteiger partial charge in [-0.1, -0.05) is 23.9 Å². The molecule has 1 aliphatic heterocycles. The van der Waals surface area contributed by atoms with Gasteiger partial charge in [0.1, 0.15) is 11.1 Å². The predicted octanol–water partition coefficient (Wildman–Crippen LogP) is 3.07. The standard InChI is InChI=1S/C19H16FN5O4S/c1-11(12-2-4-13(20)5-3-12)23-24-19-22-18(27)16(30-19)10-17(26)21-14-6-8-15(9-7-14)25(28)29/h2-9,16H,10H2,1H3,(H,21,26)(H,22,24,27)/b23-11+. The number of halogens is 1. The molecule has 0 aromatic heterocycles. The quantitative estimate of drug-likeness (QED) is 0.415. The van der Waals surface area contributed by atoms with Gasteiger partial charge in [0.15, 0.2) is 5.17 Å². The van der Waals surface area contributed by atoms with Crippen LogP contribution in [0.4, 0.5) is 15.8 Å². The first-order valence-electron chi connectivity index (χ1n) is 8.72. The Morgan fingerprint density at radius 2 is 1.90 bits per heavy atom. The first-order valence-corrected chi connectivity index (χ1v) is 9.60. The number of hydrogen-bond acceptors (Lipinski definition) is 7. The number of nitro groups is 1. The van der Waals surface area contributed by atoms with Gasteiger partial charge < -0.3 is 10.6 Å². The minimum atomic E-state index is -0.678.